The van der Waals surface area contributed by atoms with Gasteiger partial charge >= 0.3 is 0 Å². The number of benzene rings is 1. The molecule has 1 nitrogen and oxygen atoms in total. The first-order valence-electron chi connectivity index (χ1n) is 8.15. The number of aryl methyl sites for hydroxylation is 2. The highest BCUT2D eigenvalue weighted by molar-refractivity contribution is 5.36. The minimum atomic E-state index is -0.0991. The highest BCUT2D eigenvalue weighted by Gasteiger charge is 2.38. The van der Waals surface area contributed by atoms with Crippen LogP contribution in [0.3, 0.4) is 0 Å². The molecule has 2 rings (SSSR count). The Kier molecular flexibility index (Phi) is 4.30. The second-order valence-electron chi connectivity index (χ2n) is 7.59. The van der Waals surface area contributed by atoms with E-state index >= 15 is 0 Å². The van der Waals surface area contributed by atoms with Crippen molar-refractivity contribution < 1.29 is 0 Å². The van der Waals surface area contributed by atoms with Crippen molar-refractivity contribution in [3.05, 3.63) is 34.9 Å². The highest BCUT2D eigenvalue weighted by Crippen LogP contribution is 2.46. The molecule has 0 amide bonds. The topological polar surface area (TPSA) is 26.0 Å². The molecule has 1 aromatic carbocycles. The first-order valence-corrected chi connectivity index (χ1v) is 8.15. The molecular weight excluding hydrogens is 242 g/mol. The summed E-state index contributed by atoms with van der Waals surface area (Å²) < 4.78 is 0. The lowest BCUT2D eigenvalue weighted by Gasteiger charge is -2.44. The van der Waals surface area contributed by atoms with Crippen LogP contribution in [-0.4, -0.2) is 0 Å². The molecule has 0 radical (unpaired) electrons. The molecule has 0 saturated heterocycles. The zero-order valence-electron chi connectivity index (χ0n) is 13.9. The Bertz CT molecular complexity index is 465. The number of rotatable bonds is 3. The molecule has 0 aliphatic heterocycles. The maximum atomic E-state index is 6.78. The van der Waals surface area contributed by atoms with Crippen LogP contribution < -0.4 is 5.73 Å². The van der Waals surface area contributed by atoms with E-state index in [1.54, 1.807) is 0 Å². The average molecular weight is 273 g/mol. The third kappa shape index (κ3) is 2.93. The van der Waals surface area contributed by atoms with Crippen molar-refractivity contribution in [2.45, 2.75) is 72.3 Å². The van der Waals surface area contributed by atoms with Gasteiger partial charge in [-0.1, -0.05) is 51.0 Å². The second kappa shape index (κ2) is 5.52. The summed E-state index contributed by atoms with van der Waals surface area (Å²) in [6.45, 7) is 11.5. The Morgan fingerprint density at radius 3 is 2.30 bits per heavy atom. The lowest BCUT2D eigenvalue weighted by molar-refractivity contribution is 0.115. The largest absolute Gasteiger partial charge is 0.321 e. The Balaban J connectivity index is 2.15. The first kappa shape index (κ1) is 15.6. The van der Waals surface area contributed by atoms with Gasteiger partial charge in [0.05, 0.1) is 0 Å². The van der Waals surface area contributed by atoms with E-state index < -0.39 is 0 Å². The van der Waals surface area contributed by atoms with E-state index in [1.165, 1.54) is 36.0 Å². The molecular formula is C19H31N. The summed E-state index contributed by atoms with van der Waals surface area (Å²) in [5.41, 5.74) is 11.2. The average Bonchev–Trinajstić information content (AvgIpc) is 2.39. The monoisotopic (exact) mass is 273 g/mol. The molecule has 0 heterocycles. The van der Waals surface area contributed by atoms with Crippen molar-refractivity contribution in [3.8, 4) is 0 Å². The molecule has 1 heteroatoms. The van der Waals surface area contributed by atoms with Crippen molar-refractivity contribution in [1.82, 2.24) is 0 Å². The van der Waals surface area contributed by atoms with Crippen LogP contribution in [0, 0.1) is 25.2 Å². The minimum Gasteiger partial charge on any atom is -0.321 e. The van der Waals surface area contributed by atoms with E-state index in [2.05, 4.69) is 52.8 Å². The molecule has 0 bridgehead atoms. The predicted octanol–water partition coefficient (Wildman–Crippen LogP) is 5.08. The fourth-order valence-electron chi connectivity index (χ4n) is 3.84. The Morgan fingerprint density at radius 2 is 1.80 bits per heavy atom. The molecule has 1 aliphatic carbocycles. The Hall–Kier alpha value is -0.820. The van der Waals surface area contributed by atoms with Gasteiger partial charge in [-0.25, -0.2) is 0 Å². The summed E-state index contributed by atoms with van der Waals surface area (Å²) in [5.74, 6) is 0.829. The number of nitrogens with two attached hydrogens (primary N) is 1. The van der Waals surface area contributed by atoms with E-state index in [-0.39, 0.29) is 5.54 Å². The number of hydrogen-bond acceptors (Lipinski definition) is 1. The molecule has 1 aromatic rings. The van der Waals surface area contributed by atoms with Crippen molar-refractivity contribution in [3.63, 3.8) is 0 Å². The third-order valence-corrected chi connectivity index (χ3v) is 5.81. The van der Waals surface area contributed by atoms with Crippen molar-refractivity contribution in [2.24, 2.45) is 17.1 Å². The molecule has 112 valence electrons. The summed E-state index contributed by atoms with van der Waals surface area (Å²) >= 11 is 0. The van der Waals surface area contributed by atoms with Crippen LogP contribution in [0.1, 0.15) is 69.6 Å². The van der Waals surface area contributed by atoms with Crippen LogP contribution in [-0.2, 0) is 5.54 Å². The molecule has 20 heavy (non-hydrogen) atoms. The van der Waals surface area contributed by atoms with Crippen LogP contribution in [0.15, 0.2) is 18.2 Å². The van der Waals surface area contributed by atoms with Gasteiger partial charge in [-0.2, -0.15) is 0 Å². The lowest BCUT2D eigenvalue weighted by atomic mass is 9.64. The second-order valence-corrected chi connectivity index (χ2v) is 7.59. The fourth-order valence-corrected chi connectivity index (χ4v) is 3.84. The predicted molar refractivity (Wildman–Crippen MR) is 87.8 cm³/mol. The SMILES string of the molecule is CCC(C)(C)C1CCC(N)(c2ccc(C)cc2C)CC1. The van der Waals surface area contributed by atoms with Crippen molar-refractivity contribution >= 4 is 0 Å². The Morgan fingerprint density at radius 1 is 1.20 bits per heavy atom. The molecule has 0 spiro atoms. The van der Waals surface area contributed by atoms with E-state index in [4.69, 9.17) is 5.73 Å². The van der Waals surface area contributed by atoms with Gasteiger partial charge in [0.2, 0.25) is 0 Å². The highest BCUT2D eigenvalue weighted by atomic mass is 14.8. The van der Waals surface area contributed by atoms with Crippen molar-refractivity contribution in [1.29, 1.82) is 0 Å². The Labute approximate surface area is 125 Å². The lowest BCUT2D eigenvalue weighted by Crippen LogP contribution is -2.43. The summed E-state index contributed by atoms with van der Waals surface area (Å²) in [7, 11) is 0. The van der Waals surface area contributed by atoms with Crippen LogP contribution in [0.25, 0.3) is 0 Å². The van der Waals surface area contributed by atoms with E-state index in [1.807, 2.05) is 0 Å². The van der Waals surface area contributed by atoms with Crippen LogP contribution >= 0.6 is 0 Å². The fraction of sp³-hybridized carbons (Fsp3) is 0.684. The zero-order chi connectivity index (χ0) is 15.0. The molecule has 2 N–H and O–H groups in total. The zero-order valence-corrected chi connectivity index (χ0v) is 13.9. The maximum Gasteiger partial charge on any atom is 0.0412 e. The van der Waals surface area contributed by atoms with Gasteiger partial charge in [0.25, 0.3) is 0 Å². The molecule has 0 atom stereocenters. The smallest absolute Gasteiger partial charge is 0.0412 e. The van der Waals surface area contributed by atoms with Gasteiger partial charge in [-0.15, -0.1) is 0 Å². The molecule has 1 aliphatic rings. The van der Waals surface area contributed by atoms with E-state index in [0.29, 0.717) is 5.41 Å². The molecule has 0 aromatic heterocycles. The van der Waals surface area contributed by atoms with E-state index in [0.717, 1.165) is 18.8 Å². The van der Waals surface area contributed by atoms with Gasteiger partial charge in [0, 0.05) is 5.54 Å². The van der Waals surface area contributed by atoms with Gasteiger partial charge in [-0.05, 0) is 62.0 Å². The van der Waals surface area contributed by atoms with Gasteiger partial charge in [0.1, 0.15) is 0 Å². The molecule has 0 unspecified atom stereocenters. The van der Waals surface area contributed by atoms with Gasteiger partial charge in [0.15, 0.2) is 0 Å². The number of hydrogen-bond donors (Lipinski definition) is 1. The van der Waals surface area contributed by atoms with E-state index in [9.17, 15) is 0 Å². The van der Waals surface area contributed by atoms with Crippen LogP contribution in [0.2, 0.25) is 0 Å². The summed E-state index contributed by atoms with van der Waals surface area (Å²) in [6, 6.07) is 6.74. The molecule has 1 fully saturated rings. The first-order chi connectivity index (χ1) is 9.28. The summed E-state index contributed by atoms with van der Waals surface area (Å²) in [5, 5.41) is 0. The van der Waals surface area contributed by atoms with Crippen LogP contribution in [0.4, 0.5) is 0 Å². The minimum absolute atomic E-state index is 0.0991. The van der Waals surface area contributed by atoms with Gasteiger partial charge in [-0.3, -0.25) is 0 Å². The maximum absolute atomic E-state index is 6.78. The quantitative estimate of drug-likeness (QED) is 0.816. The van der Waals surface area contributed by atoms with Gasteiger partial charge < -0.3 is 5.73 Å². The normalized spacial score (nSPS) is 27.6. The summed E-state index contributed by atoms with van der Waals surface area (Å²) in [6.07, 6.45) is 6.06. The van der Waals surface area contributed by atoms with Crippen LogP contribution in [0.5, 0.6) is 0 Å². The standard InChI is InChI=1S/C19H31N/c1-6-18(4,5)16-9-11-19(20,12-10-16)17-8-7-14(2)13-15(17)3/h7-8,13,16H,6,9-12,20H2,1-5H3. The third-order valence-electron chi connectivity index (χ3n) is 5.81. The summed E-state index contributed by atoms with van der Waals surface area (Å²) in [4.78, 5) is 0. The molecule has 1 saturated carbocycles. The van der Waals surface area contributed by atoms with Crippen molar-refractivity contribution in [2.75, 3.05) is 0 Å².